The van der Waals surface area contributed by atoms with Crippen LogP contribution in [-0.4, -0.2) is 74.6 Å². The van der Waals surface area contributed by atoms with E-state index < -0.39 is 58.7 Å². The van der Waals surface area contributed by atoms with Crippen LogP contribution in [0, 0.1) is 24.7 Å². The van der Waals surface area contributed by atoms with Gasteiger partial charge in [-0.05, 0) is 57.0 Å². The highest BCUT2D eigenvalue weighted by Gasteiger charge is 2.66. The molecule has 1 fully saturated rings. The quantitative estimate of drug-likeness (QED) is 0.396. The lowest BCUT2D eigenvalue weighted by Crippen LogP contribution is -2.71. The van der Waals surface area contributed by atoms with Crippen molar-refractivity contribution >= 4 is 17.5 Å². The predicted molar refractivity (Wildman–Crippen MR) is 108 cm³/mol. The number of nitrogens with two attached hydrogens (primary N) is 1. The van der Waals surface area contributed by atoms with Gasteiger partial charge in [0.15, 0.2) is 17.2 Å². The Morgan fingerprint density at radius 2 is 1.87 bits per heavy atom. The number of fused-ring (bicyclic) bond motifs is 3. The SMILES string of the molecule is Cc1ccc(O)c2c1C[C@H]1C[C@H]3[C@H](N(C)C)C(O)C(C(N)=O)C(=O)[C@@]3(O)C(O)=C1C2=O. The van der Waals surface area contributed by atoms with Crippen LogP contribution in [-0.2, 0) is 16.0 Å². The summed E-state index contributed by atoms with van der Waals surface area (Å²) in [5.41, 5.74) is 4.15. The highest BCUT2D eigenvalue weighted by molar-refractivity contribution is 6.15. The van der Waals surface area contributed by atoms with E-state index in [4.69, 9.17) is 5.73 Å². The average Bonchev–Trinajstić information content (AvgIpc) is 2.67. The molecule has 3 aliphatic carbocycles. The zero-order chi connectivity index (χ0) is 23.0. The molecule has 0 radical (unpaired) electrons. The lowest BCUT2D eigenvalue weighted by atomic mass is 9.56. The molecule has 1 aromatic carbocycles. The monoisotopic (exact) mass is 430 g/mol. The van der Waals surface area contributed by atoms with Gasteiger partial charge in [0.25, 0.3) is 0 Å². The Kier molecular flexibility index (Phi) is 4.77. The molecule has 0 bridgehead atoms. The van der Waals surface area contributed by atoms with Crippen LogP contribution >= 0.6 is 0 Å². The van der Waals surface area contributed by atoms with Crippen molar-refractivity contribution in [1.82, 2.24) is 4.90 Å². The van der Waals surface area contributed by atoms with E-state index in [0.29, 0.717) is 12.0 Å². The van der Waals surface area contributed by atoms with Crippen molar-refractivity contribution in [1.29, 1.82) is 0 Å². The second kappa shape index (κ2) is 6.88. The molecule has 0 aliphatic heterocycles. The van der Waals surface area contributed by atoms with E-state index in [1.807, 2.05) is 6.92 Å². The van der Waals surface area contributed by atoms with Crippen LogP contribution in [0.25, 0.3) is 0 Å². The van der Waals surface area contributed by atoms with Crippen LogP contribution in [0.2, 0.25) is 0 Å². The number of amides is 1. The number of phenolic OH excluding ortho intramolecular Hbond substituents is 1. The third-order valence-electron chi connectivity index (χ3n) is 7.21. The molecule has 9 heteroatoms. The summed E-state index contributed by atoms with van der Waals surface area (Å²) in [4.78, 5) is 40.0. The summed E-state index contributed by atoms with van der Waals surface area (Å²) in [5, 5.41) is 43.7. The first-order chi connectivity index (χ1) is 14.4. The van der Waals surface area contributed by atoms with Crippen molar-refractivity contribution in [3.05, 3.63) is 40.2 Å². The number of carbonyl (C=O) groups is 3. The van der Waals surface area contributed by atoms with Crippen LogP contribution in [0.3, 0.4) is 0 Å². The highest BCUT2D eigenvalue weighted by Crippen LogP contribution is 2.52. The minimum Gasteiger partial charge on any atom is -0.508 e. The summed E-state index contributed by atoms with van der Waals surface area (Å²) in [6.45, 7) is 1.81. The lowest BCUT2D eigenvalue weighted by molar-refractivity contribution is -0.178. The van der Waals surface area contributed by atoms with Gasteiger partial charge in [0, 0.05) is 17.5 Å². The zero-order valence-corrected chi connectivity index (χ0v) is 17.5. The van der Waals surface area contributed by atoms with Gasteiger partial charge in [-0.15, -0.1) is 0 Å². The number of benzene rings is 1. The first-order valence-corrected chi connectivity index (χ1v) is 10.1. The normalized spacial score (nSPS) is 35.0. The minimum absolute atomic E-state index is 0.0405. The maximum absolute atomic E-state index is 13.3. The first kappa shape index (κ1) is 21.5. The Balaban J connectivity index is 1.95. The number of rotatable bonds is 2. The molecule has 9 nitrogen and oxygen atoms in total. The van der Waals surface area contributed by atoms with Gasteiger partial charge in [-0.2, -0.15) is 0 Å². The van der Waals surface area contributed by atoms with Gasteiger partial charge < -0.3 is 31.1 Å². The number of aliphatic hydroxyl groups excluding tert-OH is 2. The summed E-state index contributed by atoms with van der Waals surface area (Å²) >= 11 is 0. The first-order valence-electron chi connectivity index (χ1n) is 10.1. The molecule has 6 atom stereocenters. The Morgan fingerprint density at radius 1 is 1.23 bits per heavy atom. The number of hydrogen-bond donors (Lipinski definition) is 5. The molecule has 0 aromatic heterocycles. The molecule has 166 valence electrons. The van der Waals surface area contributed by atoms with Gasteiger partial charge in [0.05, 0.1) is 11.7 Å². The summed E-state index contributed by atoms with van der Waals surface area (Å²) in [5.74, 6) is -7.21. The third kappa shape index (κ3) is 2.70. The van der Waals surface area contributed by atoms with Gasteiger partial charge >= 0.3 is 0 Å². The number of hydrogen-bond acceptors (Lipinski definition) is 8. The van der Waals surface area contributed by atoms with Crippen LogP contribution in [0.1, 0.15) is 27.9 Å². The Morgan fingerprint density at radius 3 is 2.45 bits per heavy atom. The second-order valence-electron chi connectivity index (χ2n) is 9.05. The highest BCUT2D eigenvalue weighted by atomic mass is 16.3. The number of allylic oxidation sites excluding steroid dienone is 1. The largest absolute Gasteiger partial charge is 0.508 e. The molecular formula is C22H26N2O7. The number of primary amides is 1. The molecule has 1 amide bonds. The maximum atomic E-state index is 13.3. The summed E-state index contributed by atoms with van der Waals surface area (Å²) in [6.07, 6.45) is -1.04. The number of ketones is 2. The van der Waals surface area contributed by atoms with Crippen molar-refractivity contribution in [2.24, 2.45) is 23.5 Å². The van der Waals surface area contributed by atoms with Crippen molar-refractivity contribution in [2.45, 2.75) is 37.5 Å². The van der Waals surface area contributed by atoms with Gasteiger partial charge in [0.1, 0.15) is 17.4 Å². The van der Waals surface area contributed by atoms with E-state index in [1.54, 1.807) is 25.1 Å². The minimum atomic E-state index is -2.55. The number of aromatic hydroxyl groups is 1. The van der Waals surface area contributed by atoms with Gasteiger partial charge in [-0.25, -0.2) is 0 Å². The molecule has 1 saturated carbocycles. The molecule has 0 heterocycles. The molecule has 31 heavy (non-hydrogen) atoms. The molecule has 4 rings (SSSR count). The van der Waals surface area contributed by atoms with Gasteiger partial charge in [-0.3, -0.25) is 14.4 Å². The van der Waals surface area contributed by atoms with E-state index in [-0.39, 0.29) is 23.3 Å². The summed E-state index contributed by atoms with van der Waals surface area (Å²) in [6, 6.07) is 2.21. The number of nitrogens with zero attached hydrogens (tertiary/aromatic N) is 1. The predicted octanol–water partition coefficient (Wildman–Crippen LogP) is -0.406. The van der Waals surface area contributed by atoms with Crippen molar-refractivity contribution in [3.63, 3.8) is 0 Å². The topological polar surface area (TPSA) is 161 Å². The van der Waals surface area contributed by atoms with Crippen molar-refractivity contribution in [2.75, 3.05) is 14.1 Å². The molecule has 2 unspecified atom stereocenters. The fraction of sp³-hybridized carbons (Fsp3) is 0.500. The van der Waals surface area contributed by atoms with Crippen molar-refractivity contribution < 1.29 is 34.8 Å². The van der Waals surface area contributed by atoms with E-state index in [9.17, 15) is 34.8 Å². The number of carbonyl (C=O) groups excluding carboxylic acids is 3. The standard InChI is InChI=1S/C22H26N2O7/c1-8-4-5-12(25)14-10(8)6-9-7-11-16(24(2)3)18(27)15(21(23)30)20(29)22(11,31)19(28)13(9)17(14)26/h4-5,9,11,15-16,18,25,27-28,31H,6-7H2,1-3H3,(H2,23,30)/t9-,11-,15?,16-,18?,22-/m0/s1. The Hall–Kier alpha value is -2.75. The van der Waals surface area contributed by atoms with Crippen LogP contribution in [0.4, 0.5) is 0 Å². The fourth-order valence-corrected chi connectivity index (χ4v) is 5.76. The molecule has 1 aromatic rings. The zero-order valence-electron chi connectivity index (χ0n) is 17.5. The van der Waals surface area contributed by atoms with E-state index in [2.05, 4.69) is 0 Å². The van der Waals surface area contributed by atoms with E-state index in [0.717, 1.165) is 5.56 Å². The lowest BCUT2D eigenvalue weighted by Gasteiger charge is -2.53. The molecular weight excluding hydrogens is 404 g/mol. The Bertz CT molecular complexity index is 1050. The number of aryl methyl sites for hydroxylation is 1. The molecule has 3 aliphatic rings. The smallest absolute Gasteiger partial charge is 0.230 e. The van der Waals surface area contributed by atoms with Crippen LogP contribution < -0.4 is 5.73 Å². The van der Waals surface area contributed by atoms with Gasteiger partial charge in [-0.1, -0.05) is 6.07 Å². The van der Waals surface area contributed by atoms with Gasteiger partial charge in [0.2, 0.25) is 5.91 Å². The molecule has 6 N–H and O–H groups in total. The molecule has 0 spiro atoms. The Labute approximate surface area is 178 Å². The molecule has 0 saturated heterocycles. The van der Waals surface area contributed by atoms with Crippen molar-refractivity contribution in [3.8, 4) is 5.75 Å². The summed E-state index contributed by atoms with van der Waals surface area (Å²) < 4.78 is 0. The number of aliphatic hydroxyl groups is 3. The van der Waals surface area contributed by atoms with Crippen LogP contribution in [0.15, 0.2) is 23.5 Å². The van der Waals surface area contributed by atoms with Crippen LogP contribution in [0.5, 0.6) is 5.75 Å². The summed E-state index contributed by atoms with van der Waals surface area (Å²) in [7, 11) is 3.25. The average molecular weight is 430 g/mol. The fourth-order valence-electron chi connectivity index (χ4n) is 5.76. The maximum Gasteiger partial charge on any atom is 0.230 e. The number of Topliss-reactive ketones (excluding diaryl/α,β-unsaturated/α-hetero) is 2. The number of likely N-dealkylation sites (N-methyl/N-ethyl adjacent to an activating group) is 1. The second-order valence-corrected chi connectivity index (χ2v) is 9.05. The van der Waals surface area contributed by atoms with E-state index >= 15 is 0 Å². The van der Waals surface area contributed by atoms with E-state index in [1.165, 1.54) is 6.07 Å². The number of phenols is 1. The third-order valence-corrected chi connectivity index (χ3v) is 7.21.